The Morgan fingerprint density at radius 3 is 2.30 bits per heavy atom. The Morgan fingerprint density at radius 1 is 1.00 bits per heavy atom. The van der Waals surface area contributed by atoms with E-state index in [1.54, 1.807) is 24.3 Å². The van der Waals surface area contributed by atoms with E-state index in [0.29, 0.717) is 11.3 Å². The van der Waals surface area contributed by atoms with E-state index in [0.717, 1.165) is 5.56 Å². The van der Waals surface area contributed by atoms with Crippen LogP contribution < -0.4 is 16.0 Å². The summed E-state index contributed by atoms with van der Waals surface area (Å²) >= 11 is 5.18. The Kier molecular flexibility index (Phi) is 6.69. The smallest absolute Gasteiger partial charge is 0.251 e. The average molecular weight is 384 g/mol. The molecule has 6 heteroatoms. The molecule has 3 N–H and O–H groups in total. The summed E-state index contributed by atoms with van der Waals surface area (Å²) in [5, 5.41) is 8.77. The minimum Gasteiger partial charge on any atom is -0.346 e. The van der Waals surface area contributed by atoms with Crippen molar-refractivity contribution in [2.45, 2.75) is 33.7 Å². The fourth-order valence-electron chi connectivity index (χ4n) is 2.30. The number of carbonyl (C=O) groups excluding carboxylic acids is 2. The van der Waals surface area contributed by atoms with Gasteiger partial charge in [-0.15, -0.1) is 0 Å². The van der Waals surface area contributed by atoms with E-state index in [4.69, 9.17) is 12.2 Å². The Morgan fingerprint density at radius 2 is 1.67 bits per heavy atom. The molecule has 27 heavy (non-hydrogen) atoms. The van der Waals surface area contributed by atoms with Gasteiger partial charge < -0.3 is 16.0 Å². The third kappa shape index (κ3) is 6.18. The van der Waals surface area contributed by atoms with E-state index in [1.165, 1.54) is 0 Å². The molecule has 0 aliphatic carbocycles. The van der Waals surface area contributed by atoms with Gasteiger partial charge in [0.15, 0.2) is 5.11 Å². The SMILES string of the molecule is CC(NC(=O)c1cccc(NC(=S)NC(=O)C(C)(C)C)c1)c1ccccc1. The lowest BCUT2D eigenvalue weighted by molar-refractivity contribution is -0.126. The fraction of sp³-hybridized carbons (Fsp3) is 0.286. The minimum atomic E-state index is -0.541. The van der Waals surface area contributed by atoms with Crippen molar-refractivity contribution >= 4 is 34.8 Å². The van der Waals surface area contributed by atoms with Crippen LogP contribution in [0.4, 0.5) is 5.69 Å². The number of thiocarbonyl (C=S) groups is 1. The van der Waals surface area contributed by atoms with Crippen LogP contribution in [0.2, 0.25) is 0 Å². The van der Waals surface area contributed by atoms with Crippen molar-refractivity contribution in [3.8, 4) is 0 Å². The van der Waals surface area contributed by atoms with Gasteiger partial charge in [-0.25, -0.2) is 0 Å². The Bertz CT molecular complexity index is 829. The molecule has 0 bridgehead atoms. The molecule has 1 atom stereocenters. The lowest BCUT2D eigenvalue weighted by atomic mass is 9.96. The molecule has 1 unspecified atom stereocenters. The second kappa shape index (κ2) is 8.77. The second-order valence-electron chi connectivity index (χ2n) is 7.34. The molecule has 2 rings (SSSR count). The summed E-state index contributed by atoms with van der Waals surface area (Å²) in [7, 11) is 0. The molecule has 5 nitrogen and oxygen atoms in total. The van der Waals surface area contributed by atoms with Gasteiger partial charge >= 0.3 is 0 Å². The third-order valence-electron chi connectivity index (χ3n) is 3.94. The number of nitrogens with one attached hydrogen (secondary N) is 3. The van der Waals surface area contributed by atoms with Gasteiger partial charge in [-0.3, -0.25) is 9.59 Å². The van der Waals surface area contributed by atoms with Crippen molar-refractivity contribution < 1.29 is 9.59 Å². The standard InChI is InChI=1S/C21H25N3O2S/c1-14(15-9-6-5-7-10-15)22-18(25)16-11-8-12-17(13-16)23-20(27)24-19(26)21(2,3)4/h5-14H,1-4H3,(H,22,25)(H2,23,24,26,27). The highest BCUT2D eigenvalue weighted by Crippen LogP contribution is 2.16. The van der Waals surface area contributed by atoms with Crippen molar-refractivity contribution in [1.29, 1.82) is 0 Å². The zero-order valence-corrected chi connectivity index (χ0v) is 16.8. The van der Waals surface area contributed by atoms with Crippen molar-refractivity contribution in [3.05, 3.63) is 65.7 Å². The average Bonchev–Trinajstić information content (AvgIpc) is 2.61. The molecule has 0 heterocycles. The van der Waals surface area contributed by atoms with Crippen molar-refractivity contribution in [1.82, 2.24) is 10.6 Å². The number of carbonyl (C=O) groups is 2. The second-order valence-corrected chi connectivity index (χ2v) is 7.75. The highest BCUT2D eigenvalue weighted by atomic mass is 32.1. The summed E-state index contributed by atoms with van der Waals surface area (Å²) in [5.41, 5.74) is 1.63. The Hall–Kier alpha value is -2.73. The molecule has 0 saturated carbocycles. The van der Waals surface area contributed by atoms with E-state index in [1.807, 2.05) is 58.0 Å². The maximum atomic E-state index is 12.5. The van der Waals surface area contributed by atoms with Gasteiger partial charge in [0.1, 0.15) is 0 Å². The van der Waals surface area contributed by atoms with Crippen LogP contribution in [0, 0.1) is 5.41 Å². The molecule has 0 spiro atoms. The summed E-state index contributed by atoms with van der Waals surface area (Å²) in [4.78, 5) is 24.5. The molecular formula is C21H25N3O2S. The topological polar surface area (TPSA) is 70.2 Å². The molecular weight excluding hydrogens is 358 g/mol. The van der Waals surface area contributed by atoms with E-state index in [9.17, 15) is 9.59 Å². The summed E-state index contributed by atoms with van der Waals surface area (Å²) in [5.74, 6) is -0.356. The quantitative estimate of drug-likeness (QED) is 0.697. The summed E-state index contributed by atoms with van der Waals surface area (Å²) in [6, 6.07) is 16.6. The van der Waals surface area contributed by atoms with Crippen LogP contribution in [0.1, 0.15) is 49.7 Å². The van der Waals surface area contributed by atoms with Gasteiger partial charge in [0.05, 0.1) is 6.04 Å². The van der Waals surface area contributed by atoms with Crippen molar-refractivity contribution in [2.75, 3.05) is 5.32 Å². The molecule has 0 saturated heterocycles. The molecule has 2 amide bonds. The monoisotopic (exact) mass is 383 g/mol. The molecule has 0 aliphatic heterocycles. The number of rotatable bonds is 4. The van der Waals surface area contributed by atoms with E-state index < -0.39 is 5.41 Å². The summed E-state index contributed by atoms with van der Waals surface area (Å²) in [6.07, 6.45) is 0. The van der Waals surface area contributed by atoms with Gasteiger partial charge in [0, 0.05) is 16.7 Å². The lowest BCUT2D eigenvalue weighted by Crippen LogP contribution is -2.41. The minimum absolute atomic E-state index is 0.109. The molecule has 0 radical (unpaired) electrons. The number of hydrogen-bond donors (Lipinski definition) is 3. The number of anilines is 1. The van der Waals surface area contributed by atoms with Crippen LogP contribution in [0.3, 0.4) is 0 Å². The predicted octanol–water partition coefficient (Wildman–Crippen LogP) is 4.04. The molecule has 0 aliphatic rings. The number of hydrogen-bond acceptors (Lipinski definition) is 3. The first-order valence-corrected chi connectivity index (χ1v) is 9.16. The van der Waals surface area contributed by atoms with Crippen LogP contribution in [0.5, 0.6) is 0 Å². The van der Waals surface area contributed by atoms with Gasteiger partial charge in [-0.05, 0) is 42.9 Å². The zero-order valence-electron chi connectivity index (χ0n) is 16.0. The first-order chi connectivity index (χ1) is 12.7. The highest BCUT2D eigenvalue weighted by molar-refractivity contribution is 7.80. The van der Waals surface area contributed by atoms with Crippen LogP contribution in [0.25, 0.3) is 0 Å². The normalized spacial score (nSPS) is 12.0. The van der Waals surface area contributed by atoms with Crippen LogP contribution in [0.15, 0.2) is 54.6 Å². The van der Waals surface area contributed by atoms with Gasteiger partial charge in [0.2, 0.25) is 5.91 Å². The van der Waals surface area contributed by atoms with Crippen LogP contribution >= 0.6 is 12.2 Å². The number of amides is 2. The van der Waals surface area contributed by atoms with Gasteiger partial charge in [-0.2, -0.15) is 0 Å². The van der Waals surface area contributed by atoms with E-state index in [-0.39, 0.29) is 23.0 Å². The lowest BCUT2D eigenvalue weighted by Gasteiger charge is -2.19. The first-order valence-electron chi connectivity index (χ1n) is 8.75. The Balaban J connectivity index is 2.01. The molecule has 142 valence electrons. The van der Waals surface area contributed by atoms with Crippen LogP contribution in [-0.2, 0) is 4.79 Å². The van der Waals surface area contributed by atoms with Crippen molar-refractivity contribution in [2.24, 2.45) is 5.41 Å². The largest absolute Gasteiger partial charge is 0.346 e. The molecule has 2 aromatic carbocycles. The van der Waals surface area contributed by atoms with E-state index >= 15 is 0 Å². The summed E-state index contributed by atoms with van der Waals surface area (Å²) < 4.78 is 0. The maximum Gasteiger partial charge on any atom is 0.251 e. The number of benzene rings is 2. The zero-order chi connectivity index (χ0) is 20.0. The van der Waals surface area contributed by atoms with Crippen LogP contribution in [-0.4, -0.2) is 16.9 Å². The fourth-order valence-corrected chi connectivity index (χ4v) is 2.51. The van der Waals surface area contributed by atoms with Gasteiger partial charge in [0.25, 0.3) is 5.91 Å². The predicted molar refractivity (Wildman–Crippen MR) is 113 cm³/mol. The Labute approximate surface area is 165 Å². The maximum absolute atomic E-state index is 12.5. The first kappa shape index (κ1) is 20.6. The molecule has 2 aromatic rings. The third-order valence-corrected chi connectivity index (χ3v) is 4.14. The summed E-state index contributed by atoms with van der Waals surface area (Å²) in [6.45, 7) is 7.36. The van der Waals surface area contributed by atoms with Gasteiger partial charge in [-0.1, -0.05) is 57.2 Å². The van der Waals surface area contributed by atoms with Crippen molar-refractivity contribution in [3.63, 3.8) is 0 Å². The highest BCUT2D eigenvalue weighted by Gasteiger charge is 2.22. The molecule has 0 fully saturated rings. The van der Waals surface area contributed by atoms with E-state index in [2.05, 4.69) is 16.0 Å². The molecule has 0 aromatic heterocycles.